The first kappa shape index (κ1) is 24.8. The maximum Gasteiger partial charge on any atom is 0.217 e. The van der Waals surface area contributed by atoms with Gasteiger partial charge in [-0.1, -0.05) is 19.3 Å². The quantitative estimate of drug-likeness (QED) is 0.408. The topological polar surface area (TPSA) is 112 Å². The predicted molar refractivity (Wildman–Crippen MR) is 148 cm³/mol. The third kappa shape index (κ3) is 5.51. The maximum absolute atomic E-state index is 11.6. The van der Waals surface area contributed by atoms with Crippen LogP contribution >= 0.6 is 0 Å². The summed E-state index contributed by atoms with van der Waals surface area (Å²) < 4.78 is 0. The molecule has 200 valence electrons. The lowest BCUT2D eigenvalue weighted by molar-refractivity contribution is -0.120. The van der Waals surface area contributed by atoms with Gasteiger partial charge in [-0.15, -0.1) is 0 Å². The van der Waals surface area contributed by atoms with Gasteiger partial charge in [-0.05, 0) is 62.5 Å². The highest BCUT2D eigenvalue weighted by Crippen LogP contribution is 2.45. The molecule has 9 nitrogen and oxygen atoms in total. The molecule has 6 rings (SSSR count). The zero-order valence-electron chi connectivity index (χ0n) is 22.2. The fraction of sp³-hybridized carbons (Fsp3) is 0.552. The highest BCUT2D eigenvalue weighted by molar-refractivity contribution is 5.73. The van der Waals surface area contributed by atoms with E-state index in [2.05, 4.69) is 36.8 Å². The fourth-order valence-electron chi connectivity index (χ4n) is 6.79. The van der Waals surface area contributed by atoms with Gasteiger partial charge >= 0.3 is 0 Å². The van der Waals surface area contributed by atoms with Gasteiger partial charge in [0.25, 0.3) is 0 Å². The molecular weight excluding hydrogens is 476 g/mol. The van der Waals surface area contributed by atoms with Gasteiger partial charge in [0.05, 0.1) is 0 Å². The van der Waals surface area contributed by atoms with Crippen LogP contribution in [-0.4, -0.2) is 50.2 Å². The summed E-state index contributed by atoms with van der Waals surface area (Å²) in [7, 11) is 0. The number of nitrogens with one attached hydrogen (secondary N) is 3. The van der Waals surface area contributed by atoms with Gasteiger partial charge in [-0.25, -0.2) is 9.97 Å². The number of rotatable bonds is 6. The van der Waals surface area contributed by atoms with Crippen LogP contribution < -0.4 is 15.5 Å². The Morgan fingerprint density at radius 1 is 1.05 bits per heavy atom. The smallest absolute Gasteiger partial charge is 0.217 e. The molecule has 3 aromatic heterocycles. The summed E-state index contributed by atoms with van der Waals surface area (Å²) in [5.41, 5.74) is 2.41. The van der Waals surface area contributed by atoms with Crippen molar-refractivity contribution in [2.45, 2.75) is 83.1 Å². The standard InChI is InChI=1S/C29H38N8O/c1-20(38)31-23-9-4-10-29(18-23)11-14-37(15-12-29)27-17-25(33-28(34-27)22-8-5-13-30-19-22)32-26-16-24(35-36-26)21-6-2-3-7-21/h5,8,13,16-17,19,21,23H,2-4,6-7,9-12,14-15,18H2,1H3,(H,31,38)(H2,32,33,34,35,36). The van der Waals surface area contributed by atoms with E-state index in [4.69, 9.17) is 9.97 Å². The molecule has 1 saturated heterocycles. The van der Waals surface area contributed by atoms with E-state index in [-0.39, 0.29) is 5.91 Å². The minimum atomic E-state index is 0.0840. The predicted octanol–water partition coefficient (Wildman–Crippen LogP) is 5.33. The second kappa shape index (κ2) is 10.7. The SMILES string of the molecule is CC(=O)NC1CCCC2(CCN(c3cc(Nc4cc(C5CCCC5)[nH]n4)nc(-c4cccnc4)n3)CC2)C1. The lowest BCUT2D eigenvalue weighted by Gasteiger charge is -2.47. The van der Waals surface area contributed by atoms with Crippen molar-refractivity contribution in [2.75, 3.05) is 23.3 Å². The van der Waals surface area contributed by atoms with E-state index >= 15 is 0 Å². The Kier molecular flexibility index (Phi) is 7.00. The van der Waals surface area contributed by atoms with E-state index in [9.17, 15) is 4.79 Å². The summed E-state index contributed by atoms with van der Waals surface area (Å²) in [6, 6.07) is 8.39. The molecule has 9 heteroatoms. The third-order valence-corrected chi connectivity index (χ3v) is 8.78. The number of aromatic amines is 1. The van der Waals surface area contributed by atoms with Gasteiger partial charge < -0.3 is 15.5 Å². The van der Waals surface area contributed by atoms with Crippen LogP contribution in [0, 0.1) is 5.41 Å². The van der Waals surface area contributed by atoms with Gasteiger partial charge in [0, 0.05) is 67.8 Å². The molecule has 0 bridgehead atoms. The summed E-state index contributed by atoms with van der Waals surface area (Å²) in [5.74, 6) is 3.78. The number of anilines is 3. The molecule has 0 radical (unpaired) electrons. The molecule has 1 atom stereocenters. The number of piperidine rings is 1. The molecule has 3 aromatic rings. The maximum atomic E-state index is 11.6. The van der Waals surface area contributed by atoms with E-state index in [1.54, 1.807) is 13.1 Å². The highest BCUT2D eigenvalue weighted by atomic mass is 16.1. The molecule has 3 aliphatic rings. The van der Waals surface area contributed by atoms with Gasteiger partial charge in [-0.2, -0.15) is 5.10 Å². The number of carbonyl (C=O) groups excluding carboxylic acids is 1. The Bertz CT molecular complexity index is 1240. The summed E-state index contributed by atoms with van der Waals surface area (Å²) in [4.78, 5) is 28.1. The number of amides is 1. The van der Waals surface area contributed by atoms with Gasteiger partial charge in [0.2, 0.25) is 5.91 Å². The van der Waals surface area contributed by atoms with Crippen LogP contribution in [0.15, 0.2) is 36.7 Å². The van der Waals surface area contributed by atoms with Crippen molar-refractivity contribution in [1.29, 1.82) is 0 Å². The molecular formula is C29H38N8O. The Morgan fingerprint density at radius 3 is 2.66 bits per heavy atom. The Balaban J connectivity index is 1.21. The summed E-state index contributed by atoms with van der Waals surface area (Å²) in [6.07, 6.45) is 15.5. The first-order valence-corrected chi connectivity index (χ1v) is 14.2. The van der Waals surface area contributed by atoms with Crippen molar-refractivity contribution >= 4 is 23.4 Å². The molecule has 1 aliphatic heterocycles. The van der Waals surface area contributed by atoms with Crippen LogP contribution in [0.25, 0.3) is 11.4 Å². The van der Waals surface area contributed by atoms with Crippen LogP contribution in [-0.2, 0) is 4.79 Å². The number of aromatic nitrogens is 5. The zero-order valence-corrected chi connectivity index (χ0v) is 22.2. The summed E-state index contributed by atoms with van der Waals surface area (Å²) in [5, 5.41) is 14.4. The Morgan fingerprint density at radius 2 is 1.89 bits per heavy atom. The number of hydrogen-bond acceptors (Lipinski definition) is 7. The lowest BCUT2D eigenvalue weighted by Crippen LogP contribution is -2.47. The minimum absolute atomic E-state index is 0.0840. The lowest BCUT2D eigenvalue weighted by atomic mass is 9.66. The average Bonchev–Trinajstić information content (AvgIpc) is 3.62. The van der Waals surface area contributed by atoms with Crippen LogP contribution in [0.3, 0.4) is 0 Å². The van der Waals surface area contributed by atoms with E-state index in [0.29, 0.717) is 23.2 Å². The molecule has 4 heterocycles. The van der Waals surface area contributed by atoms with E-state index in [1.165, 1.54) is 44.2 Å². The minimum Gasteiger partial charge on any atom is -0.356 e. The van der Waals surface area contributed by atoms with Gasteiger partial charge in [-0.3, -0.25) is 14.9 Å². The molecule has 1 spiro atoms. The van der Waals surface area contributed by atoms with Crippen molar-refractivity contribution in [1.82, 2.24) is 30.5 Å². The largest absolute Gasteiger partial charge is 0.356 e. The molecule has 3 N–H and O–H groups in total. The van der Waals surface area contributed by atoms with Crippen molar-refractivity contribution in [3.8, 4) is 11.4 Å². The van der Waals surface area contributed by atoms with Crippen LogP contribution in [0.2, 0.25) is 0 Å². The summed E-state index contributed by atoms with van der Waals surface area (Å²) >= 11 is 0. The van der Waals surface area contributed by atoms with Crippen molar-refractivity contribution < 1.29 is 4.79 Å². The van der Waals surface area contributed by atoms with Crippen molar-refractivity contribution in [2.24, 2.45) is 5.41 Å². The monoisotopic (exact) mass is 514 g/mol. The molecule has 2 aliphatic carbocycles. The highest BCUT2D eigenvalue weighted by Gasteiger charge is 2.39. The average molecular weight is 515 g/mol. The number of carbonyl (C=O) groups is 1. The Hall–Kier alpha value is -3.49. The van der Waals surface area contributed by atoms with Gasteiger partial charge in [0.15, 0.2) is 11.6 Å². The van der Waals surface area contributed by atoms with E-state index in [0.717, 1.165) is 61.8 Å². The molecule has 0 aromatic carbocycles. The number of H-pyrrole nitrogens is 1. The van der Waals surface area contributed by atoms with Crippen molar-refractivity contribution in [3.63, 3.8) is 0 Å². The Labute approximate surface area is 224 Å². The van der Waals surface area contributed by atoms with Crippen LogP contribution in [0.4, 0.5) is 17.5 Å². The number of hydrogen-bond donors (Lipinski definition) is 3. The van der Waals surface area contributed by atoms with E-state index < -0.39 is 0 Å². The molecule has 3 fully saturated rings. The third-order valence-electron chi connectivity index (χ3n) is 8.78. The number of nitrogens with zero attached hydrogens (tertiary/aromatic N) is 5. The number of pyridine rings is 1. The zero-order chi connectivity index (χ0) is 26.0. The second-order valence-corrected chi connectivity index (χ2v) is 11.5. The molecule has 1 unspecified atom stereocenters. The first-order chi connectivity index (χ1) is 18.6. The normalized spacial score (nSPS) is 21.5. The first-order valence-electron chi connectivity index (χ1n) is 14.2. The summed E-state index contributed by atoms with van der Waals surface area (Å²) in [6.45, 7) is 3.52. The molecule has 2 saturated carbocycles. The van der Waals surface area contributed by atoms with Crippen molar-refractivity contribution in [3.05, 3.63) is 42.4 Å². The van der Waals surface area contributed by atoms with Crippen LogP contribution in [0.1, 0.15) is 82.7 Å². The van der Waals surface area contributed by atoms with E-state index in [1.807, 2.05) is 24.4 Å². The second-order valence-electron chi connectivity index (χ2n) is 11.5. The molecule has 38 heavy (non-hydrogen) atoms. The fourth-order valence-corrected chi connectivity index (χ4v) is 6.79. The van der Waals surface area contributed by atoms with Crippen LogP contribution in [0.5, 0.6) is 0 Å². The molecule has 1 amide bonds. The van der Waals surface area contributed by atoms with Gasteiger partial charge in [0.1, 0.15) is 11.6 Å².